The fourth-order valence-electron chi connectivity index (χ4n) is 12.8. The minimum Gasteiger partial charge on any atom is -0.394 e. The Labute approximate surface area is 745 Å². The molecule has 0 saturated carbocycles. The molecule has 0 aromatic carbocycles. The van der Waals surface area contributed by atoms with Crippen molar-refractivity contribution >= 4 is 88.3 Å². The third-order valence-electron chi connectivity index (χ3n) is 19.4. The number of ether oxygens (including phenoxy) is 12. The number of carbonyl (C=O) groups excluding carboxylic acids is 11. The van der Waals surface area contributed by atoms with Gasteiger partial charge in [0.05, 0.1) is 125 Å². The summed E-state index contributed by atoms with van der Waals surface area (Å²) in [5, 5.41) is 145. The van der Waals surface area contributed by atoms with Crippen molar-refractivity contribution in [2.45, 2.75) is 142 Å². The maximum absolute atomic E-state index is 14.2. The summed E-state index contributed by atoms with van der Waals surface area (Å²) < 4.78 is 68.0. The molecular weight excluding hydrogens is 1780 g/mol. The van der Waals surface area contributed by atoms with Gasteiger partial charge in [0.2, 0.25) is 41.4 Å². The predicted octanol–water partition coefficient (Wildman–Crippen LogP) is -15.5. The molecule has 58 heteroatoms. The summed E-state index contributed by atoms with van der Waals surface area (Å²) in [5.74, 6) is -10.9. The molecule has 4 aromatic rings. The molecule has 19 atom stereocenters. The number of anilines is 4. The number of nitrogens with one attached hydrogen (secondary N) is 11. The Balaban J connectivity index is 0.822. The molecular formula is C74H107N19O39. The molecule has 4 aliphatic rings. The number of hydrogen-bond donors (Lipinski definition) is 23. The normalized spacial score (nSPS) is 23.3. The molecule has 8 heterocycles. The lowest BCUT2D eigenvalue weighted by molar-refractivity contribution is -0.136. The van der Waals surface area contributed by atoms with Crippen molar-refractivity contribution in [1.82, 2.24) is 75.4 Å². The molecule has 0 bridgehead atoms. The zero-order chi connectivity index (χ0) is 96.1. The van der Waals surface area contributed by atoms with Crippen LogP contribution in [0.3, 0.4) is 0 Å². The largest absolute Gasteiger partial charge is 0.394 e. The number of hydrogen-bond acceptors (Lipinski definition) is 43. The van der Waals surface area contributed by atoms with E-state index < -0.39 is 276 Å². The van der Waals surface area contributed by atoms with Crippen molar-refractivity contribution < 1.29 is 171 Å². The first-order valence-corrected chi connectivity index (χ1v) is 40.9. The van der Waals surface area contributed by atoms with Gasteiger partial charge in [-0.1, -0.05) is 0 Å². The van der Waals surface area contributed by atoms with E-state index in [1.165, 1.54) is 24.3 Å². The standard InChI is InChI=1S/C74H107N19O39/c1-37(98)79-40(66(116)81-39(65(115)78-9-17-124-21-25-128-36-55(105)85-48-5-13-93(74(120)89-48)70-63(113)59(109)44(32-97)132-70)27-50(100)76-7-15-122-19-23-126-34-53(103)83-46-3-11-91(72(118)87-46)68-61(111)57(107)42(30-95)130-68)28-51(101)80-38(64(114)77-8-16-123-20-24-127-35-54(104)84-47-4-12-92(73(119)88-47)69-62(112)58(108)43(31-96)131-69)26-49(99)75-6-14-121-18-22-125-33-52(102)82-45-2-10-90(71(117)86-45)67-60(110)56(106)41(29-94)129-67/h2-5,10-13,38-44,56-63,67-70,94-97,106-113H,6-9,14-36H2,1H3,(H,75,99)(H,76,100)(H,77,114)(H,78,115)(H,79,98)(H,80,101)(H,81,116)(H,82,86,102,117)(H,83,87,103,118)(H,84,88,104,119)(H,85,89,105,120)/t38-,39-,40-,41+,42+,43+,44+,56+,57+,58+,59+,60-,61-,62-,63-,67+,68+,69+,70+/m0/s1. The van der Waals surface area contributed by atoms with Gasteiger partial charge in [0.15, 0.2) is 24.9 Å². The van der Waals surface area contributed by atoms with Gasteiger partial charge in [0.1, 0.15) is 141 Å². The van der Waals surface area contributed by atoms with Gasteiger partial charge in [0.25, 0.3) is 23.6 Å². The highest BCUT2D eigenvalue weighted by Gasteiger charge is 2.48. The molecule has 4 aliphatic heterocycles. The van der Waals surface area contributed by atoms with Crippen molar-refractivity contribution in [2.24, 2.45) is 0 Å². The predicted molar refractivity (Wildman–Crippen MR) is 434 cm³/mol. The van der Waals surface area contributed by atoms with Crippen LogP contribution in [0.5, 0.6) is 0 Å². The minimum absolute atomic E-state index is 0.139. The van der Waals surface area contributed by atoms with Gasteiger partial charge in [-0.15, -0.1) is 0 Å². The average molecular weight is 1890 g/mol. The van der Waals surface area contributed by atoms with Gasteiger partial charge >= 0.3 is 22.8 Å². The van der Waals surface area contributed by atoms with Crippen LogP contribution in [0.2, 0.25) is 0 Å². The Hall–Kier alpha value is -11.3. The summed E-state index contributed by atoms with van der Waals surface area (Å²) in [5.41, 5.74) is -3.91. The summed E-state index contributed by atoms with van der Waals surface area (Å²) in [6, 6.07) is -0.617. The lowest BCUT2D eigenvalue weighted by Gasteiger charge is -2.24. The Morgan fingerprint density at radius 1 is 0.318 bits per heavy atom. The Morgan fingerprint density at radius 3 is 0.811 bits per heavy atom. The van der Waals surface area contributed by atoms with Crippen LogP contribution in [0.15, 0.2) is 68.2 Å². The molecule has 4 aromatic heterocycles. The third-order valence-corrected chi connectivity index (χ3v) is 19.4. The molecule has 732 valence electrons. The van der Waals surface area contributed by atoms with E-state index in [4.69, 9.17) is 56.8 Å². The maximum Gasteiger partial charge on any atom is 0.351 e. The zero-order valence-corrected chi connectivity index (χ0v) is 70.6. The SMILES string of the molecule is CC(=O)N[C@@H](CC(=O)N[C@@H](CC(=O)NCCOCCOCC(=O)Nc1ccn([C@@H]2O[C@H](CO)[C@@H](O)[C@@H]2O)c(=O)n1)C(=O)NCCOCCOCC(=O)Nc1ccn([C@@H]2O[C@H](CO)[C@@H](O)[C@@H]2O)c(=O)n1)C(=O)N[C@@H](CC(=O)NCCOCCOCC(=O)Nc1ccn([C@@H]2O[C@H](CO)[C@@H](O)[C@@H]2O)c(=O)n1)C(=O)NCCOCCOCC(=O)Nc1ccn([C@@H]2O[C@H](CO)[C@@H](O)[C@@H]2O)c(=O)n1. The van der Waals surface area contributed by atoms with Crippen molar-refractivity contribution in [2.75, 3.05) is 180 Å². The highest BCUT2D eigenvalue weighted by molar-refractivity contribution is 5.98. The molecule has 0 aliphatic carbocycles. The molecule has 0 spiro atoms. The first kappa shape index (κ1) is 106. The fourth-order valence-corrected chi connectivity index (χ4v) is 12.8. The number of amides is 11. The lowest BCUT2D eigenvalue weighted by Crippen LogP contribution is -2.56. The second-order valence-corrected chi connectivity index (χ2v) is 29.1. The number of aliphatic hydroxyl groups excluding tert-OH is 12. The number of nitrogens with zero attached hydrogens (tertiary/aromatic N) is 8. The summed E-state index contributed by atoms with van der Waals surface area (Å²) in [4.78, 5) is 212. The van der Waals surface area contributed by atoms with Crippen molar-refractivity contribution in [3.05, 3.63) is 91.0 Å². The van der Waals surface area contributed by atoms with E-state index in [0.29, 0.717) is 0 Å². The van der Waals surface area contributed by atoms with Crippen molar-refractivity contribution in [1.29, 1.82) is 0 Å². The molecule has 23 N–H and O–H groups in total. The molecule has 11 amide bonds. The van der Waals surface area contributed by atoms with Crippen LogP contribution in [0.25, 0.3) is 0 Å². The first-order chi connectivity index (χ1) is 63.2. The number of carbonyl (C=O) groups is 11. The molecule has 132 heavy (non-hydrogen) atoms. The first-order valence-electron chi connectivity index (χ1n) is 40.9. The van der Waals surface area contributed by atoms with Gasteiger partial charge in [-0.05, 0) is 24.3 Å². The summed E-state index contributed by atoms with van der Waals surface area (Å²) in [6.07, 6.45) is -20.6. The topological polar surface area (TPSA) is 813 Å². The quantitative estimate of drug-likeness (QED) is 0.0183. The van der Waals surface area contributed by atoms with Crippen molar-refractivity contribution in [3.63, 3.8) is 0 Å². The Bertz CT molecular complexity index is 4740. The Kier molecular flexibility index (Phi) is 43.4. The third kappa shape index (κ3) is 32.6. The summed E-state index contributed by atoms with van der Waals surface area (Å²) in [7, 11) is 0. The second kappa shape index (κ2) is 54.0. The highest BCUT2D eigenvalue weighted by atomic mass is 16.6. The zero-order valence-electron chi connectivity index (χ0n) is 70.6. The van der Waals surface area contributed by atoms with Crippen LogP contribution < -0.4 is 81.2 Å². The van der Waals surface area contributed by atoms with Crippen LogP contribution in [0.4, 0.5) is 23.3 Å². The monoisotopic (exact) mass is 1890 g/mol. The van der Waals surface area contributed by atoms with Gasteiger partial charge in [0, 0.05) is 57.9 Å². The molecule has 0 unspecified atom stereocenters. The molecule has 0 radical (unpaired) electrons. The highest BCUT2D eigenvalue weighted by Crippen LogP contribution is 2.32. The molecule has 4 saturated heterocycles. The minimum atomic E-state index is -1.88. The number of aromatic nitrogens is 8. The molecule has 58 nitrogen and oxygen atoms in total. The van der Waals surface area contributed by atoms with E-state index >= 15 is 0 Å². The van der Waals surface area contributed by atoms with Crippen LogP contribution >= 0.6 is 0 Å². The van der Waals surface area contributed by atoms with Crippen LogP contribution in [-0.4, -0.2) is 414 Å². The Morgan fingerprint density at radius 2 is 0.561 bits per heavy atom. The maximum atomic E-state index is 14.2. The van der Waals surface area contributed by atoms with Gasteiger partial charge in [-0.3, -0.25) is 71.0 Å². The summed E-state index contributed by atoms with van der Waals surface area (Å²) >= 11 is 0. The van der Waals surface area contributed by atoms with Crippen LogP contribution in [0, 0.1) is 0 Å². The van der Waals surface area contributed by atoms with E-state index in [-0.39, 0.29) is 129 Å². The summed E-state index contributed by atoms with van der Waals surface area (Å²) in [6.45, 7) is -7.15. The van der Waals surface area contributed by atoms with Crippen molar-refractivity contribution in [3.8, 4) is 0 Å². The van der Waals surface area contributed by atoms with Crippen LogP contribution in [0.1, 0.15) is 51.1 Å². The average Bonchev–Trinajstić information content (AvgIpc) is 1.66. The van der Waals surface area contributed by atoms with E-state index in [0.717, 1.165) is 50.0 Å². The van der Waals surface area contributed by atoms with E-state index in [1.54, 1.807) is 0 Å². The number of aliphatic hydroxyl groups is 12. The smallest absolute Gasteiger partial charge is 0.351 e. The fraction of sp³-hybridized carbons (Fsp3) is 0.635. The van der Waals surface area contributed by atoms with Gasteiger partial charge in [-0.2, -0.15) is 19.9 Å². The van der Waals surface area contributed by atoms with E-state index in [2.05, 4.69) is 78.4 Å². The second-order valence-electron chi connectivity index (χ2n) is 29.1. The van der Waals surface area contributed by atoms with E-state index in [1.807, 2.05) is 0 Å². The molecule has 4 fully saturated rings. The number of rotatable bonds is 56. The lowest BCUT2D eigenvalue weighted by atomic mass is 10.1. The van der Waals surface area contributed by atoms with Gasteiger partial charge < -0.3 is 177 Å². The van der Waals surface area contributed by atoms with E-state index in [9.17, 15) is 133 Å². The van der Waals surface area contributed by atoms with Gasteiger partial charge in [-0.25, -0.2) is 19.2 Å². The molecule has 8 rings (SSSR count). The van der Waals surface area contributed by atoms with Crippen LogP contribution in [-0.2, 0) is 110 Å².